The van der Waals surface area contributed by atoms with Crippen LogP contribution >= 0.6 is 0 Å². The van der Waals surface area contributed by atoms with Crippen molar-refractivity contribution in [3.63, 3.8) is 0 Å². The van der Waals surface area contributed by atoms with Gasteiger partial charge in [-0.25, -0.2) is 4.68 Å². The SMILES string of the molecule is Cc1cc(C#N)ccc1Cn1ncc(NC(C)C)cc1=O. The van der Waals surface area contributed by atoms with E-state index in [0.717, 1.165) is 16.8 Å². The minimum Gasteiger partial charge on any atom is -0.381 e. The molecule has 1 N–H and O–H groups in total. The molecular weight excluding hydrogens is 264 g/mol. The Morgan fingerprint density at radius 3 is 2.71 bits per heavy atom. The smallest absolute Gasteiger partial charge is 0.269 e. The molecule has 0 saturated heterocycles. The maximum atomic E-state index is 12.1. The van der Waals surface area contributed by atoms with Crippen molar-refractivity contribution in [3.8, 4) is 6.07 Å². The number of benzene rings is 1. The molecule has 5 heteroatoms. The van der Waals surface area contributed by atoms with Gasteiger partial charge in [0.05, 0.1) is 30.1 Å². The Morgan fingerprint density at radius 1 is 1.38 bits per heavy atom. The van der Waals surface area contributed by atoms with Gasteiger partial charge in [0.2, 0.25) is 0 Å². The molecule has 0 fully saturated rings. The van der Waals surface area contributed by atoms with E-state index in [1.165, 1.54) is 4.68 Å². The second kappa shape index (κ2) is 6.23. The highest BCUT2D eigenvalue weighted by Gasteiger charge is 2.05. The van der Waals surface area contributed by atoms with E-state index in [4.69, 9.17) is 5.26 Å². The number of anilines is 1. The fourth-order valence-corrected chi connectivity index (χ4v) is 2.07. The third-order valence-electron chi connectivity index (χ3n) is 3.12. The van der Waals surface area contributed by atoms with Crippen molar-refractivity contribution in [1.29, 1.82) is 5.26 Å². The molecule has 1 aromatic carbocycles. The van der Waals surface area contributed by atoms with Crippen LogP contribution in [0.4, 0.5) is 5.69 Å². The van der Waals surface area contributed by atoms with E-state index in [1.54, 1.807) is 18.3 Å². The number of rotatable bonds is 4. The molecule has 0 atom stereocenters. The van der Waals surface area contributed by atoms with E-state index in [-0.39, 0.29) is 11.6 Å². The summed E-state index contributed by atoms with van der Waals surface area (Å²) in [5.41, 5.74) is 3.15. The summed E-state index contributed by atoms with van der Waals surface area (Å²) in [7, 11) is 0. The summed E-state index contributed by atoms with van der Waals surface area (Å²) in [4.78, 5) is 12.1. The molecule has 1 aromatic heterocycles. The molecule has 1 heterocycles. The molecular formula is C16H18N4O. The maximum Gasteiger partial charge on any atom is 0.269 e. The van der Waals surface area contributed by atoms with Crippen LogP contribution in [0.15, 0.2) is 35.3 Å². The molecule has 0 amide bonds. The van der Waals surface area contributed by atoms with Crippen molar-refractivity contribution >= 4 is 5.69 Å². The zero-order valence-electron chi connectivity index (χ0n) is 12.4. The number of hydrogen-bond donors (Lipinski definition) is 1. The van der Waals surface area contributed by atoms with Gasteiger partial charge in [0.25, 0.3) is 5.56 Å². The van der Waals surface area contributed by atoms with Gasteiger partial charge in [-0.1, -0.05) is 6.07 Å². The molecule has 0 radical (unpaired) electrons. The Balaban J connectivity index is 2.24. The summed E-state index contributed by atoms with van der Waals surface area (Å²) in [5.74, 6) is 0. The Hall–Kier alpha value is -2.61. The largest absolute Gasteiger partial charge is 0.381 e. The number of nitrogens with one attached hydrogen (secondary N) is 1. The topological polar surface area (TPSA) is 70.7 Å². The fraction of sp³-hybridized carbons (Fsp3) is 0.312. The predicted molar refractivity (Wildman–Crippen MR) is 82.3 cm³/mol. The average Bonchev–Trinajstić information content (AvgIpc) is 2.43. The van der Waals surface area contributed by atoms with Gasteiger partial charge < -0.3 is 5.32 Å². The molecule has 2 aromatic rings. The third kappa shape index (κ3) is 3.69. The van der Waals surface area contributed by atoms with Crippen LogP contribution in [-0.4, -0.2) is 15.8 Å². The summed E-state index contributed by atoms with van der Waals surface area (Å²) < 4.78 is 1.42. The van der Waals surface area contributed by atoms with Crippen LogP contribution in [0.5, 0.6) is 0 Å². The van der Waals surface area contributed by atoms with Crippen LogP contribution in [0.1, 0.15) is 30.5 Å². The summed E-state index contributed by atoms with van der Waals surface area (Å²) >= 11 is 0. The predicted octanol–water partition coefficient (Wildman–Crippen LogP) is 2.29. The van der Waals surface area contributed by atoms with Crippen LogP contribution in [0.2, 0.25) is 0 Å². The number of nitriles is 1. The van der Waals surface area contributed by atoms with Crippen molar-refractivity contribution in [2.75, 3.05) is 5.32 Å². The first kappa shape index (κ1) is 14.8. The second-order valence-electron chi connectivity index (χ2n) is 5.29. The number of nitrogens with zero attached hydrogens (tertiary/aromatic N) is 3. The Morgan fingerprint density at radius 2 is 2.14 bits per heavy atom. The lowest BCUT2D eigenvalue weighted by molar-refractivity contribution is 0.636. The van der Waals surface area contributed by atoms with Crippen molar-refractivity contribution in [2.24, 2.45) is 0 Å². The summed E-state index contributed by atoms with van der Waals surface area (Å²) in [6.45, 7) is 6.34. The van der Waals surface area contributed by atoms with Gasteiger partial charge in [0.15, 0.2) is 0 Å². The molecule has 0 unspecified atom stereocenters. The molecule has 0 aliphatic rings. The molecule has 0 aliphatic carbocycles. The van der Waals surface area contributed by atoms with E-state index in [2.05, 4.69) is 16.5 Å². The second-order valence-corrected chi connectivity index (χ2v) is 5.29. The lowest BCUT2D eigenvalue weighted by atomic mass is 10.1. The fourth-order valence-electron chi connectivity index (χ4n) is 2.07. The van der Waals surface area contributed by atoms with Crippen LogP contribution in [0.25, 0.3) is 0 Å². The van der Waals surface area contributed by atoms with Crippen molar-refractivity contribution in [2.45, 2.75) is 33.4 Å². The van der Waals surface area contributed by atoms with Gasteiger partial charge in [-0.2, -0.15) is 10.4 Å². The van der Waals surface area contributed by atoms with Crippen molar-refractivity contribution in [1.82, 2.24) is 9.78 Å². The first-order valence-corrected chi connectivity index (χ1v) is 6.83. The normalized spacial score (nSPS) is 10.4. The van der Waals surface area contributed by atoms with E-state index in [9.17, 15) is 4.79 Å². The molecule has 21 heavy (non-hydrogen) atoms. The van der Waals surface area contributed by atoms with Gasteiger partial charge in [0, 0.05) is 12.1 Å². The third-order valence-corrected chi connectivity index (χ3v) is 3.12. The van der Waals surface area contributed by atoms with Gasteiger partial charge in [-0.3, -0.25) is 4.79 Å². The van der Waals surface area contributed by atoms with E-state index in [1.807, 2.05) is 32.9 Å². The van der Waals surface area contributed by atoms with Gasteiger partial charge in [0.1, 0.15) is 0 Å². The molecule has 0 saturated carbocycles. The molecule has 0 aliphatic heterocycles. The number of hydrogen-bond acceptors (Lipinski definition) is 4. The molecule has 5 nitrogen and oxygen atoms in total. The highest BCUT2D eigenvalue weighted by atomic mass is 16.1. The van der Waals surface area contributed by atoms with E-state index < -0.39 is 0 Å². The Labute approximate surface area is 123 Å². The monoisotopic (exact) mass is 282 g/mol. The number of aromatic nitrogens is 2. The lowest BCUT2D eigenvalue weighted by Crippen LogP contribution is -2.24. The summed E-state index contributed by atoms with van der Waals surface area (Å²) in [5, 5.41) is 16.2. The zero-order valence-corrected chi connectivity index (χ0v) is 12.4. The van der Waals surface area contributed by atoms with E-state index >= 15 is 0 Å². The standard InChI is InChI=1S/C16H18N4O/c1-11(2)19-15-7-16(21)20(18-9-15)10-14-5-4-13(8-17)6-12(14)3/h4-7,9,11,19H,10H2,1-3H3. The summed E-state index contributed by atoms with van der Waals surface area (Å²) in [6, 6.07) is 9.33. The first-order chi connectivity index (χ1) is 9.99. The van der Waals surface area contributed by atoms with Gasteiger partial charge >= 0.3 is 0 Å². The molecule has 2 rings (SSSR count). The molecule has 0 spiro atoms. The highest BCUT2D eigenvalue weighted by molar-refractivity contribution is 5.40. The van der Waals surface area contributed by atoms with Gasteiger partial charge in [-0.05, 0) is 44.0 Å². The van der Waals surface area contributed by atoms with Crippen LogP contribution in [-0.2, 0) is 6.54 Å². The highest BCUT2D eigenvalue weighted by Crippen LogP contribution is 2.11. The maximum absolute atomic E-state index is 12.1. The van der Waals surface area contributed by atoms with Crippen LogP contribution < -0.4 is 10.9 Å². The van der Waals surface area contributed by atoms with Crippen molar-refractivity contribution < 1.29 is 0 Å². The minimum absolute atomic E-state index is 0.149. The molecule has 0 bridgehead atoms. The van der Waals surface area contributed by atoms with Gasteiger partial charge in [-0.15, -0.1) is 0 Å². The van der Waals surface area contributed by atoms with E-state index in [0.29, 0.717) is 12.1 Å². The average molecular weight is 282 g/mol. The first-order valence-electron chi connectivity index (χ1n) is 6.83. The number of aryl methyl sites for hydroxylation is 1. The lowest BCUT2D eigenvalue weighted by Gasteiger charge is -2.11. The molecule has 108 valence electrons. The Kier molecular flexibility index (Phi) is 4.39. The zero-order chi connectivity index (χ0) is 15.4. The van der Waals surface area contributed by atoms with Crippen LogP contribution in [0.3, 0.4) is 0 Å². The van der Waals surface area contributed by atoms with Crippen LogP contribution in [0, 0.1) is 18.3 Å². The summed E-state index contributed by atoms with van der Waals surface area (Å²) in [6.07, 6.45) is 1.65. The minimum atomic E-state index is -0.149. The quantitative estimate of drug-likeness (QED) is 0.934. The Bertz CT molecular complexity index is 741. The van der Waals surface area contributed by atoms with Crippen molar-refractivity contribution in [3.05, 3.63) is 57.5 Å².